The van der Waals surface area contributed by atoms with E-state index in [4.69, 9.17) is 0 Å². The molecule has 1 N–H and O–H groups in total. The minimum atomic E-state index is -3.52. The number of sulfonamides is 1. The molecule has 0 radical (unpaired) electrons. The molecule has 0 aliphatic carbocycles. The molecular formula is C11H20BrN3O2S. The number of aryl methyl sites for hydroxylation is 2. The molecule has 1 aromatic rings. The Morgan fingerprint density at radius 2 is 2.17 bits per heavy atom. The van der Waals surface area contributed by atoms with E-state index < -0.39 is 10.0 Å². The van der Waals surface area contributed by atoms with Gasteiger partial charge in [-0.3, -0.25) is 0 Å². The molecule has 1 heterocycles. The Labute approximate surface area is 117 Å². The van der Waals surface area contributed by atoms with Crippen molar-refractivity contribution in [3.05, 3.63) is 12.0 Å². The molecule has 0 saturated carbocycles. The van der Waals surface area contributed by atoms with Crippen LogP contribution in [0, 0.1) is 6.92 Å². The van der Waals surface area contributed by atoms with Gasteiger partial charge in [-0.15, -0.1) is 0 Å². The molecule has 0 aliphatic heterocycles. The van der Waals surface area contributed by atoms with Crippen LogP contribution in [0.15, 0.2) is 11.2 Å². The van der Waals surface area contributed by atoms with Crippen molar-refractivity contribution in [2.45, 2.75) is 51.2 Å². The van der Waals surface area contributed by atoms with Crippen LogP contribution in [0.4, 0.5) is 0 Å². The van der Waals surface area contributed by atoms with E-state index in [0.717, 1.165) is 25.2 Å². The second kappa shape index (κ2) is 6.68. The summed E-state index contributed by atoms with van der Waals surface area (Å²) in [6.07, 6.45) is 3.28. The highest BCUT2D eigenvalue weighted by Crippen LogP contribution is 2.11. The van der Waals surface area contributed by atoms with Crippen LogP contribution in [-0.2, 0) is 16.6 Å². The van der Waals surface area contributed by atoms with Crippen molar-refractivity contribution in [1.29, 1.82) is 0 Å². The maximum Gasteiger partial charge on any atom is 0.259 e. The van der Waals surface area contributed by atoms with E-state index in [1.54, 1.807) is 6.20 Å². The highest BCUT2D eigenvalue weighted by molar-refractivity contribution is 9.09. The molecular weight excluding hydrogens is 318 g/mol. The summed E-state index contributed by atoms with van der Waals surface area (Å²) in [5.41, 5.74) is 0. The average molecular weight is 338 g/mol. The van der Waals surface area contributed by atoms with Crippen LogP contribution >= 0.6 is 15.9 Å². The first kappa shape index (κ1) is 15.7. The van der Waals surface area contributed by atoms with E-state index in [9.17, 15) is 8.42 Å². The molecule has 1 atom stereocenters. The van der Waals surface area contributed by atoms with Gasteiger partial charge in [-0.1, -0.05) is 29.8 Å². The molecule has 0 amide bonds. The molecule has 0 aromatic carbocycles. The monoisotopic (exact) mass is 337 g/mol. The van der Waals surface area contributed by atoms with E-state index >= 15 is 0 Å². The van der Waals surface area contributed by atoms with Gasteiger partial charge in [0.05, 0.1) is 0 Å². The van der Waals surface area contributed by atoms with Gasteiger partial charge in [-0.2, -0.15) is 0 Å². The molecule has 1 unspecified atom stereocenters. The number of rotatable bonds is 7. The van der Waals surface area contributed by atoms with Crippen molar-refractivity contribution in [1.82, 2.24) is 14.3 Å². The molecule has 5 nitrogen and oxygen atoms in total. The van der Waals surface area contributed by atoms with Gasteiger partial charge in [-0.25, -0.2) is 18.1 Å². The van der Waals surface area contributed by atoms with Gasteiger partial charge < -0.3 is 4.57 Å². The van der Waals surface area contributed by atoms with Gasteiger partial charge in [0.2, 0.25) is 0 Å². The second-order valence-electron chi connectivity index (χ2n) is 4.20. The van der Waals surface area contributed by atoms with Crippen molar-refractivity contribution in [3.63, 3.8) is 0 Å². The van der Waals surface area contributed by atoms with Crippen LogP contribution in [0.1, 0.15) is 32.5 Å². The summed E-state index contributed by atoms with van der Waals surface area (Å²) in [5.74, 6) is 0.726. The Kier molecular flexibility index (Phi) is 5.81. The zero-order chi connectivity index (χ0) is 13.8. The maximum absolute atomic E-state index is 12.1. The number of halogens is 1. The predicted octanol–water partition coefficient (Wildman–Crippen LogP) is 2.05. The number of hydrogen-bond donors (Lipinski definition) is 1. The Morgan fingerprint density at radius 1 is 1.50 bits per heavy atom. The number of nitrogens with zero attached hydrogens (tertiary/aromatic N) is 2. The molecule has 0 bridgehead atoms. The summed E-state index contributed by atoms with van der Waals surface area (Å²) in [6, 6.07) is -0.105. The number of imidazole rings is 1. The van der Waals surface area contributed by atoms with E-state index in [0.29, 0.717) is 5.33 Å². The van der Waals surface area contributed by atoms with Crippen LogP contribution < -0.4 is 4.72 Å². The summed E-state index contributed by atoms with van der Waals surface area (Å²) >= 11 is 3.29. The quantitative estimate of drug-likeness (QED) is 0.774. The van der Waals surface area contributed by atoms with Crippen LogP contribution in [0.3, 0.4) is 0 Å². The van der Waals surface area contributed by atoms with Crippen molar-refractivity contribution in [3.8, 4) is 0 Å². The Morgan fingerprint density at radius 3 is 2.67 bits per heavy atom. The predicted molar refractivity (Wildman–Crippen MR) is 75.4 cm³/mol. The first-order chi connectivity index (χ1) is 8.44. The fourth-order valence-corrected chi connectivity index (χ4v) is 3.74. The normalized spacial score (nSPS) is 13.8. The third-order valence-corrected chi connectivity index (χ3v) is 4.87. The zero-order valence-electron chi connectivity index (χ0n) is 11.0. The average Bonchev–Trinajstić information content (AvgIpc) is 2.69. The SMILES string of the molecule is CCCn1cc(S(=O)(=O)NC(CC)CBr)nc1C. The van der Waals surface area contributed by atoms with Crippen molar-refractivity contribution in [2.24, 2.45) is 0 Å². The van der Waals surface area contributed by atoms with Gasteiger partial charge in [0.25, 0.3) is 10.0 Å². The van der Waals surface area contributed by atoms with Crippen LogP contribution in [0.2, 0.25) is 0 Å². The van der Waals surface area contributed by atoms with Crippen LogP contribution in [-0.4, -0.2) is 29.3 Å². The van der Waals surface area contributed by atoms with Gasteiger partial charge in [0, 0.05) is 24.1 Å². The molecule has 18 heavy (non-hydrogen) atoms. The summed E-state index contributed by atoms with van der Waals surface area (Å²) in [5, 5.41) is 0.699. The van der Waals surface area contributed by atoms with Gasteiger partial charge >= 0.3 is 0 Å². The molecule has 1 aromatic heterocycles. The van der Waals surface area contributed by atoms with Crippen molar-refractivity contribution >= 4 is 26.0 Å². The lowest BCUT2D eigenvalue weighted by Crippen LogP contribution is -2.35. The summed E-state index contributed by atoms with van der Waals surface area (Å²) < 4.78 is 28.8. The van der Waals surface area contributed by atoms with Crippen LogP contribution in [0.5, 0.6) is 0 Å². The Hall–Kier alpha value is -0.400. The van der Waals surface area contributed by atoms with E-state index in [2.05, 4.69) is 25.6 Å². The highest BCUT2D eigenvalue weighted by atomic mass is 79.9. The molecule has 0 spiro atoms. The lowest BCUT2D eigenvalue weighted by molar-refractivity contribution is 0.555. The minimum Gasteiger partial charge on any atom is -0.334 e. The van der Waals surface area contributed by atoms with E-state index in [-0.39, 0.29) is 11.1 Å². The standard InChI is InChI=1S/C11H20BrN3O2S/c1-4-6-15-8-11(13-9(15)3)18(16,17)14-10(5-2)7-12/h8,10,14H,4-7H2,1-3H3. The van der Waals surface area contributed by atoms with Crippen molar-refractivity contribution in [2.75, 3.05) is 5.33 Å². The Bertz CT molecular complexity index is 480. The molecule has 0 saturated heterocycles. The van der Waals surface area contributed by atoms with Crippen molar-refractivity contribution < 1.29 is 8.42 Å². The third-order valence-electron chi connectivity index (χ3n) is 2.69. The van der Waals surface area contributed by atoms with Gasteiger partial charge in [-0.05, 0) is 19.8 Å². The fourth-order valence-electron chi connectivity index (χ4n) is 1.58. The first-order valence-electron chi connectivity index (χ1n) is 6.06. The van der Waals surface area contributed by atoms with Crippen LogP contribution in [0.25, 0.3) is 0 Å². The fraction of sp³-hybridized carbons (Fsp3) is 0.727. The molecule has 1 rings (SSSR count). The number of hydrogen-bond acceptors (Lipinski definition) is 3. The molecule has 7 heteroatoms. The molecule has 0 fully saturated rings. The minimum absolute atomic E-state index is 0.104. The molecule has 0 aliphatic rings. The lowest BCUT2D eigenvalue weighted by Gasteiger charge is -2.12. The highest BCUT2D eigenvalue weighted by Gasteiger charge is 2.22. The maximum atomic E-state index is 12.1. The number of aromatic nitrogens is 2. The van der Waals surface area contributed by atoms with Gasteiger partial charge in [0.1, 0.15) is 5.82 Å². The third kappa shape index (κ3) is 3.80. The topological polar surface area (TPSA) is 64.0 Å². The summed E-state index contributed by atoms with van der Waals surface area (Å²) in [7, 11) is -3.52. The Balaban J connectivity index is 2.94. The number of alkyl halides is 1. The summed E-state index contributed by atoms with van der Waals surface area (Å²) in [4.78, 5) is 4.12. The van der Waals surface area contributed by atoms with Gasteiger partial charge in [0.15, 0.2) is 5.03 Å². The molecule has 104 valence electrons. The zero-order valence-corrected chi connectivity index (χ0v) is 13.4. The smallest absolute Gasteiger partial charge is 0.259 e. The second-order valence-corrected chi connectivity index (χ2v) is 6.51. The lowest BCUT2D eigenvalue weighted by atomic mass is 10.3. The van der Waals surface area contributed by atoms with E-state index in [1.165, 1.54) is 0 Å². The van der Waals surface area contributed by atoms with E-state index in [1.807, 2.05) is 25.3 Å². The largest absolute Gasteiger partial charge is 0.334 e. The first-order valence-corrected chi connectivity index (χ1v) is 8.67. The number of nitrogens with one attached hydrogen (secondary N) is 1. The summed E-state index contributed by atoms with van der Waals surface area (Å²) in [6.45, 7) is 6.58.